The Morgan fingerprint density at radius 3 is 3.10 bits per heavy atom. The van der Waals surface area contributed by atoms with Crippen LogP contribution in [0.2, 0.25) is 5.02 Å². The minimum Gasteiger partial charge on any atom is -0.317 e. The van der Waals surface area contributed by atoms with Gasteiger partial charge in [-0.1, -0.05) is 24.3 Å². The van der Waals surface area contributed by atoms with Crippen molar-refractivity contribution < 1.29 is 0 Å². The summed E-state index contributed by atoms with van der Waals surface area (Å²) in [5.74, 6) is 0. The van der Waals surface area contributed by atoms with Gasteiger partial charge < -0.3 is 4.90 Å². The van der Waals surface area contributed by atoms with Gasteiger partial charge in [-0.3, -0.25) is 4.99 Å². The fourth-order valence-corrected chi connectivity index (χ4v) is 4.93. The van der Waals surface area contributed by atoms with Crippen molar-refractivity contribution in [2.24, 2.45) is 4.99 Å². The van der Waals surface area contributed by atoms with Crippen LogP contribution in [0.3, 0.4) is 0 Å². The summed E-state index contributed by atoms with van der Waals surface area (Å²) in [6, 6.07) is 8.26. The van der Waals surface area contributed by atoms with Crippen LogP contribution in [-0.2, 0) is 0 Å². The maximum absolute atomic E-state index is 6.08. The van der Waals surface area contributed by atoms with E-state index in [0.29, 0.717) is 0 Å². The second kappa shape index (κ2) is 4.65. The van der Waals surface area contributed by atoms with Crippen molar-refractivity contribution in [2.75, 3.05) is 13.1 Å². The quantitative estimate of drug-likeness (QED) is 0.788. The number of aliphatic imine (C=N–C) groups is 1. The molecule has 0 unspecified atom stereocenters. The lowest BCUT2D eigenvalue weighted by Gasteiger charge is -2.15. The predicted octanol–water partition coefficient (Wildman–Crippen LogP) is 4.83. The van der Waals surface area contributed by atoms with Crippen molar-refractivity contribution >= 4 is 55.7 Å². The van der Waals surface area contributed by atoms with Gasteiger partial charge in [0.05, 0.1) is 17.1 Å². The third kappa shape index (κ3) is 1.83. The summed E-state index contributed by atoms with van der Waals surface area (Å²) in [6.07, 6.45) is 1.93. The van der Waals surface area contributed by atoms with E-state index in [9.17, 15) is 0 Å². The summed E-state index contributed by atoms with van der Waals surface area (Å²) in [7, 11) is 0. The lowest BCUT2D eigenvalue weighted by atomic mass is 10.2. The Morgan fingerprint density at radius 2 is 2.25 bits per heavy atom. The average molecular weight is 319 g/mol. The number of rotatable bonds is 2. The molecule has 100 valence electrons. The zero-order valence-electron chi connectivity index (χ0n) is 10.6. The van der Waals surface area contributed by atoms with Gasteiger partial charge in [-0.25, -0.2) is 0 Å². The average Bonchev–Trinajstić information content (AvgIpc) is 3.09. The van der Waals surface area contributed by atoms with Gasteiger partial charge in [0.25, 0.3) is 0 Å². The first kappa shape index (κ1) is 12.5. The van der Waals surface area contributed by atoms with Gasteiger partial charge in [-0.2, -0.15) is 0 Å². The Hall–Kier alpha value is -1.23. The van der Waals surface area contributed by atoms with Crippen LogP contribution in [0.25, 0.3) is 15.8 Å². The number of hydrogen-bond acceptors (Lipinski definition) is 4. The predicted molar refractivity (Wildman–Crippen MR) is 90.6 cm³/mol. The largest absolute Gasteiger partial charge is 0.317 e. The van der Waals surface area contributed by atoms with E-state index in [4.69, 9.17) is 11.6 Å². The van der Waals surface area contributed by atoms with Gasteiger partial charge in [0.1, 0.15) is 0 Å². The Balaban J connectivity index is 1.88. The molecule has 2 aliphatic heterocycles. The number of fused-ring (bicyclic) bond motifs is 2. The standard InChI is InChI=1S/C15H11ClN2S2/c1-2-11-14(18-6-5-17-15(18)20-11)13-8-9-7-10(16)3-4-12(9)19-13/h2-4,7-8H,1,5-6H2. The van der Waals surface area contributed by atoms with Crippen LogP contribution in [-0.4, -0.2) is 23.2 Å². The van der Waals surface area contributed by atoms with Gasteiger partial charge in [-0.05, 0) is 41.4 Å². The Bertz CT molecular complexity index is 788. The number of hydrogen-bond donors (Lipinski definition) is 0. The molecule has 0 fully saturated rings. The van der Waals surface area contributed by atoms with Gasteiger partial charge in [-0.15, -0.1) is 11.3 Å². The third-order valence-electron chi connectivity index (χ3n) is 3.40. The van der Waals surface area contributed by atoms with Crippen molar-refractivity contribution in [3.63, 3.8) is 0 Å². The molecular weight excluding hydrogens is 308 g/mol. The maximum atomic E-state index is 6.08. The zero-order valence-corrected chi connectivity index (χ0v) is 13.0. The Morgan fingerprint density at radius 1 is 1.35 bits per heavy atom. The van der Waals surface area contributed by atoms with Crippen molar-refractivity contribution in [1.82, 2.24) is 4.90 Å². The molecule has 0 N–H and O–H groups in total. The molecule has 4 rings (SSSR count). The highest BCUT2D eigenvalue weighted by Gasteiger charge is 2.32. The van der Waals surface area contributed by atoms with E-state index < -0.39 is 0 Å². The fraction of sp³-hybridized carbons (Fsp3) is 0.133. The minimum absolute atomic E-state index is 0.781. The minimum atomic E-state index is 0.781. The zero-order chi connectivity index (χ0) is 13.7. The molecule has 2 aromatic rings. The van der Waals surface area contributed by atoms with Crippen LogP contribution >= 0.6 is 34.7 Å². The number of benzene rings is 1. The second-order valence-corrected chi connectivity index (χ2v) is 7.16. The van der Waals surface area contributed by atoms with Gasteiger partial charge in [0.2, 0.25) is 0 Å². The van der Waals surface area contributed by atoms with E-state index in [1.807, 2.05) is 18.2 Å². The molecule has 2 aliphatic rings. The molecule has 0 saturated carbocycles. The molecule has 3 heterocycles. The first-order valence-corrected chi connectivity index (χ1v) is 8.33. The first-order valence-electron chi connectivity index (χ1n) is 6.32. The van der Waals surface area contributed by atoms with Crippen molar-refractivity contribution in [1.29, 1.82) is 0 Å². The highest BCUT2D eigenvalue weighted by atomic mass is 35.5. The molecule has 0 spiro atoms. The molecule has 0 saturated heterocycles. The number of thioether (sulfide) groups is 1. The number of thiophene rings is 1. The van der Waals surface area contributed by atoms with Crippen molar-refractivity contribution in [2.45, 2.75) is 0 Å². The number of amidine groups is 1. The van der Waals surface area contributed by atoms with Crippen LogP contribution in [0.15, 0.2) is 46.8 Å². The molecular formula is C15H11ClN2S2. The van der Waals surface area contributed by atoms with Gasteiger partial charge in [0, 0.05) is 21.2 Å². The number of nitrogens with zero attached hydrogens (tertiary/aromatic N) is 2. The normalized spacial score (nSPS) is 17.9. The number of halogens is 1. The molecule has 0 radical (unpaired) electrons. The monoisotopic (exact) mass is 318 g/mol. The molecule has 0 amide bonds. The lowest BCUT2D eigenvalue weighted by Crippen LogP contribution is -2.19. The molecule has 0 atom stereocenters. The molecule has 1 aromatic heterocycles. The molecule has 20 heavy (non-hydrogen) atoms. The van der Waals surface area contributed by atoms with E-state index in [2.05, 4.69) is 28.6 Å². The summed E-state index contributed by atoms with van der Waals surface area (Å²) in [5.41, 5.74) is 1.25. The third-order valence-corrected chi connectivity index (χ3v) is 5.87. The summed E-state index contributed by atoms with van der Waals surface area (Å²) in [5, 5.41) is 3.08. The van der Waals surface area contributed by atoms with Gasteiger partial charge >= 0.3 is 0 Å². The van der Waals surface area contributed by atoms with Gasteiger partial charge in [0.15, 0.2) is 5.17 Å². The highest BCUT2D eigenvalue weighted by Crippen LogP contribution is 2.45. The van der Waals surface area contributed by atoms with Crippen LogP contribution in [0.1, 0.15) is 4.88 Å². The van der Waals surface area contributed by atoms with Crippen LogP contribution in [0.5, 0.6) is 0 Å². The van der Waals surface area contributed by atoms with E-state index in [0.717, 1.165) is 23.3 Å². The lowest BCUT2D eigenvalue weighted by molar-refractivity contribution is 0.650. The van der Waals surface area contributed by atoms with E-state index in [1.165, 1.54) is 25.6 Å². The molecule has 0 bridgehead atoms. The molecule has 0 aliphatic carbocycles. The molecule has 5 heteroatoms. The first-order chi connectivity index (χ1) is 9.76. The van der Waals surface area contributed by atoms with E-state index in [1.54, 1.807) is 23.1 Å². The smallest absolute Gasteiger partial charge is 0.168 e. The van der Waals surface area contributed by atoms with Crippen molar-refractivity contribution in [3.8, 4) is 0 Å². The van der Waals surface area contributed by atoms with Crippen LogP contribution in [0, 0.1) is 0 Å². The topological polar surface area (TPSA) is 15.6 Å². The fourth-order valence-electron chi connectivity index (χ4n) is 2.52. The highest BCUT2D eigenvalue weighted by molar-refractivity contribution is 8.17. The summed E-state index contributed by atoms with van der Waals surface area (Å²) in [4.78, 5) is 9.30. The van der Waals surface area contributed by atoms with E-state index >= 15 is 0 Å². The maximum Gasteiger partial charge on any atom is 0.168 e. The molecule has 1 aromatic carbocycles. The summed E-state index contributed by atoms with van der Waals surface area (Å²) in [6.45, 7) is 5.78. The summed E-state index contributed by atoms with van der Waals surface area (Å²) < 4.78 is 1.26. The van der Waals surface area contributed by atoms with Crippen molar-refractivity contribution in [3.05, 3.63) is 51.7 Å². The Labute approximate surface area is 130 Å². The Kier molecular flexibility index (Phi) is 2.91. The van der Waals surface area contributed by atoms with Crippen LogP contribution in [0.4, 0.5) is 0 Å². The second-order valence-electron chi connectivity index (χ2n) is 4.63. The molecule has 2 nitrogen and oxygen atoms in total. The SMILES string of the molecule is C=CC1=C(c2cc3cc(Cl)ccc3s2)N2CCN=C2S1. The summed E-state index contributed by atoms with van der Waals surface area (Å²) >= 11 is 9.59. The van der Waals surface area contributed by atoms with Crippen LogP contribution < -0.4 is 0 Å². The van der Waals surface area contributed by atoms with E-state index in [-0.39, 0.29) is 0 Å². The number of allylic oxidation sites excluding steroid dienone is 1.